The van der Waals surface area contributed by atoms with Gasteiger partial charge in [-0.3, -0.25) is 9.82 Å². The summed E-state index contributed by atoms with van der Waals surface area (Å²) in [4.78, 5) is 8.76. The number of nitrogens with zero attached hydrogens (tertiary/aromatic N) is 1. The van der Waals surface area contributed by atoms with Gasteiger partial charge >= 0.3 is 0 Å². The Hall–Kier alpha value is -1.04. The van der Waals surface area contributed by atoms with E-state index in [0.717, 1.165) is 0 Å². The Morgan fingerprint density at radius 1 is 1.67 bits per heavy atom. The molecule has 1 aromatic rings. The second-order valence-corrected chi connectivity index (χ2v) is 2.61. The number of nitrogens with two attached hydrogens (primary N) is 2. The summed E-state index contributed by atoms with van der Waals surface area (Å²) in [7, 11) is 0. The quantitative estimate of drug-likeness (QED) is 0.514. The molecule has 0 amide bonds. The molecule has 0 spiro atoms. The van der Waals surface area contributed by atoms with Crippen molar-refractivity contribution in [3.05, 3.63) is 29.6 Å². The molecule has 0 aliphatic carbocycles. The van der Waals surface area contributed by atoms with Crippen LogP contribution in [0.3, 0.4) is 0 Å². The molecule has 0 aliphatic heterocycles. The van der Waals surface area contributed by atoms with Gasteiger partial charge in [-0.05, 0) is 12.1 Å². The highest BCUT2D eigenvalue weighted by atomic mass is 32.1. The molecule has 1 rings (SSSR count). The van der Waals surface area contributed by atoms with Gasteiger partial charge in [-0.2, -0.15) is 0 Å². The van der Waals surface area contributed by atoms with Crippen molar-refractivity contribution in [2.24, 2.45) is 11.6 Å². The molecule has 0 aliphatic rings. The summed E-state index contributed by atoms with van der Waals surface area (Å²) < 4.78 is 0. The summed E-state index contributed by atoms with van der Waals surface area (Å²) in [6.07, 6.45) is 1.64. The van der Waals surface area contributed by atoms with Gasteiger partial charge in [-0.1, -0.05) is 12.2 Å². The Bertz CT molecular complexity index is 290. The van der Waals surface area contributed by atoms with Gasteiger partial charge in [0, 0.05) is 11.8 Å². The van der Waals surface area contributed by atoms with E-state index in [1.165, 1.54) is 0 Å². The lowest BCUT2D eigenvalue weighted by molar-refractivity contribution is 0.121. The van der Waals surface area contributed by atoms with Crippen molar-refractivity contribution in [2.75, 3.05) is 0 Å². The number of hydrogen-bond donors (Lipinski definition) is 2. The van der Waals surface area contributed by atoms with E-state index < -0.39 is 0 Å². The van der Waals surface area contributed by atoms with E-state index in [0.29, 0.717) is 16.2 Å². The van der Waals surface area contributed by atoms with E-state index in [4.69, 9.17) is 23.8 Å². The maximum Gasteiger partial charge on any atom is 0.111 e. The van der Waals surface area contributed by atoms with Crippen LogP contribution in [0.2, 0.25) is 0 Å². The summed E-state index contributed by atoms with van der Waals surface area (Å²) in [6, 6.07) is 3.54. The Morgan fingerprint density at radius 2 is 2.42 bits per heavy atom. The zero-order valence-electron chi connectivity index (χ0n) is 6.36. The van der Waals surface area contributed by atoms with E-state index in [1.807, 2.05) is 0 Å². The van der Waals surface area contributed by atoms with Crippen LogP contribution in [0.4, 0.5) is 0 Å². The third-order valence-electron chi connectivity index (χ3n) is 1.38. The van der Waals surface area contributed by atoms with Crippen LogP contribution in [-0.2, 0) is 11.4 Å². The lowest BCUT2D eigenvalue weighted by Crippen LogP contribution is -2.14. The van der Waals surface area contributed by atoms with Crippen molar-refractivity contribution in [1.29, 1.82) is 0 Å². The van der Waals surface area contributed by atoms with E-state index in [-0.39, 0.29) is 6.61 Å². The first kappa shape index (κ1) is 9.05. The van der Waals surface area contributed by atoms with Crippen molar-refractivity contribution in [1.82, 2.24) is 4.98 Å². The van der Waals surface area contributed by atoms with Gasteiger partial charge in [0.1, 0.15) is 11.6 Å². The van der Waals surface area contributed by atoms with Gasteiger partial charge in [0.05, 0.1) is 5.69 Å². The van der Waals surface area contributed by atoms with Crippen LogP contribution >= 0.6 is 12.2 Å². The molecule has 0 radical (unpaired) electrons. The van der Waals surface area contributed by atoms with Crippen molar-refractivity contribution in [3.63, 3.8) is 0 Å². The molecule has 0 saturated carbocycles. The summed E-state index contributed by atoms with van der Waals surface area (Å²) in [5.41, 5.74) is 6.81. The number of aromatic nitrogens is 1. The van der Waals surface area contributed by atoms with Crippen LogP contribution in [0.25, 0.3) is 0 Å². The van der Waals surface area contributed by atoms with Crippen LogP contribution in [0, 0.1) is 0 Å². The van der Waals surface area contributed by atoms with E-state index in [9.17, 15) is 0 Å². The minimum absolute atomic E-state index is 0.216. The summed E-state index contributed by atoms with van der Waals surface area (Å²) >= 11 is 4.81. The van der Waals surface area contributed by atoms with Crippen molar-refractivity contribution >= 4 is 17.2 Å². The molecule has 0 fully saturated rings. The smallest absolute Gasteiger partial charge is 0.111 e. The van der Waals surface area contributed by atoms with E-state index in [2.05, 4.69) is 9.82 Å². The van der Waals surface area contributed by atoms with Gasteiger partial charge in [0.2, 0.25) is 0 Å². The molecule has 0 bridgehead atoms. The Balaban J connectivity index is 3.00. The van der Waals surface area contributed by atoms with Crippen LogP contribution < -0.4 is 11.6 Å². The third kappa shape index (κ3) is 1.97. The van der Waals surface area contributed by atoms with Crippen LogP contribution in [0.1, 0.15) is 11.3 Å². The Kier molecular flexibility index (Phi) is 3.09. The van der Waals surface area contributed by atoms with Crippen LogP contribution in [-0.4, -0.2) is 9.97 Å². The topological polar surface area (TPSA) is 74.2 Å². The zero-order chi connectivity index (χ0) is 8.97. The minimum Gasteiger partial charge on any atom is -0.389 e. The minimum atomic E-state index is 0.216. The predicted molar refractivity (Wildman–Crippen MR) is 49.1 cm³/mol. The number of rotatable bonds is 3. The first-order valence-corrected chi connectivity index (χ1v) is 3.72. The molecule has 1 heterocycles. The summed E-state index contributed by atoms with van der Waals surface area (Å²) in [5.74, 6) is 4.91. The van der Waals surface area contributed by atoms with Crippen molar-refractivity contribution in [2.45, 2.75) is 6.61 Å². The van der Waals surface area contributed by atoms with Crippen LogP contribution in [0.5, 0.6) is 0 Å². The second kappa shape index (κ2) is 4.10. The molecule has 5 heteroatoms. The molecule has 0 unspecified atom stereocenters. The fraction of sp³-hybridized carbons (Fsp3) is 0.143. The highest BCUT2D eigenvalue weighted by Gasteiger charge is 2.04. The van der Waals surface area contributed by atoms with Crippen LogP contribution in [0.15, 0.2) is 18.3 Å². The fourth-order valence-corrected chi connectivity index (χ4v) is 1.04. The van der Waals surface area contributed by atoms with E-state index >= 15 is 0 Å². The molecule has 0 saturated heterocycles. The Labute approximate surface area is 75.5 Å². The van der Waals surface area contributed by atoms with Gasteiger partial charge in [-0.25, -0.2) is 5.90 Å². The molecular formula is C7H9N3OS. The molecule has 0 atom stereocenters. The molecule has 1 aromatic heterocycles. The maximum atomic E-state index is 5.44. The van der Waals surface area contributed by atoms with Crippen molar-refractivity contribution < 1.29 is 4.84 Å². The first-order valence-electron chi connectivity index (χ1n) is 3.31. The predicted octanol–water partition coefficient (Wildman–Crippen LogP) is 0.106. The highest BCUT2D eigenvalue weighted by Crippen LogP contribution is 2.05. The largest absolute Gasteiger partial charge is 0.389 e. The molecule has 12 heavy (non-hydrogen) atoms. The van der Waals surface area contributed by atoms with Gasteiger partial charge in [0.25, 0.3) is 0 Å². The summed E-state index contributed by atoms with van der Waals surface area (Å²) in [6.45, 7) is 0.216. The molecule has 64 valence electrons. The average Bonchev–Trinajstić information content (AvgIpc) is 2.05. The molecule has 4 nitrogen and oxygen atoms in total. The molecule has 4 N–H and O–H groups in total. The first-order chi connectivity index (χ1) is 5.75. The normalized spacial score (nSPS) is 9.75. The standard InChI is InChI=1S/C7H9N3OS/c8-7(12)5-2-1-3-10-6(5)4-11-9/h1-3H,4,9H2,(H2,8,12). The maximum absolute atomic E-state index is 5.44. The lowest BCUT2D eigenvalue weighted by Gasteiger charge is -2.04. The lowest BCUT2D eigenvalue weighted by atomic mass is 10.2. The van der Waals surface area contributed by atoms with E-state index in [1.54, 1.807) is 18.3 Å². The van der Waals surface area contributed by atoms with Gasteiger partial charge < -0.3 is 5.73 Å². The Morgan fingerprint density at radius 3 is 3.00 bits per heavy atom. The molecular weight excluding hydrogens is 174 g/mol. The highest BCUT2D eigenvalue weighted by molar-refractivity contribution is 7.80. The van der Waals surface area contributed by atoms with Gasteiger partial charge in [0.15, 0.2) is 0 Å². The second-order valence-electron chi connectivity index (χ2n) is 2.17. The summed E-state index contributed by atoms with van der Waals surface area (Å²) in [5, 5.41) is 0. The SMILES string of the molecule is NOCc1ncccc1C(N)=S. The van der Waals surface area contributed by atoms with Gasteiger partial charge in [-0.15, -0.1) is 0 Å². The zero-order valence-corrected chi connectivity index (χ0v) is 7.17. The number of pyridine rings is 1. The molecule has 0 aromatic carbocycles. The third-order valence-corrected chi connectivity index (χ3v) is 1.60. The van der Waals surface area contributed by atoms with Crippen molar-refractivity contribution in [3.8, 4) is 0 Å². The number of thiocarbonyl (C=S) groups is 1. The number of hydrogen-bond acceptors (Lipinski definition) is 4. The fourth-order valence-electron chi connectivity index (χ4n) is 0.856. The average molecular weight is 183 g/mol. The monoisotopic (exact) mass is 183 g/mol.